The number of benzene rings is 1. The van der Waals surface area contributed by atoms with E-state index < -0.39 is 61.0 Å². The maximum absolute atomic E-state index is 14.1. The molecule has 1 aromatic carbocycles. The van der Waals surface area contributed by atoms with Gasteiger partial charge in [0.05, 0.1) is 0 Å². The molecule has 0 amide bonds. The monoisotopic (exact) mass is 496 g/mol. The molecule has 0 spiro atoms. The van der Waals surface area contributed by atoms with Crippen molar-refractivity contribution >= 4 is 33.8 Å². The zero-order valence-corrected chi connectivity index (χ0v) is 17.9. The van der Waals surface area contributed by atoms with Gasteiger partial charge in [0.15, 0.2) is 0 Å². The third-order valence-electron chi connectivity index (χ3n) is 4.33. The summed E-state index contributed by atoms with van der Waals surface area (Å²) in [7, 11) is 0. The third kappa shape index (κ3) is 6.18. The molecular formula is C19H20BrF3O7. The van der Waals surface area contributed by atoms with E-state index in [1.165, 1.54) is 12.1 Å². The molecule has 0 radical (unpaired) electrons. The van der Waals surface area contributed by atoms with Crippen LogP contribution in [0.2, 0.25) is 0 Å². The van der Waals surface area contributed by atoms with Crippen LogP contribution in [0.3, 0.4) is 0 Å². The van der Waals surface area contributed by atoms with Gasteiger partial charge in [-0.25, -0.2) is 0 Å². The smallest absolute Gasteiger partial charge is 0.399 e. The topological polar surface area (TPSA) is 88.1 Å². The molecule has 1 aromatic rings. The van der Waals surface area contributed by atoms with Gasteiger partial charge < -0.3 is 18.9 Å². The first-order valence-electron chi connectivity index (χ1n) is 8.85. The summed E-state index contributed by atoms with van der Waals surface area (Å²) in [5.41, 5.74) is 0.299. The zero-order valence-electron chi connectivity index (χ0n) is 16.3. The largest absolute Gasteiger partial charge is 0.463 e. The molecule has 1 saturated heterocycles. The minimum atomic E-state index is -4.92. The van der Waals surface area contributed by atoms with Gasteiger partial charge in [0.25, 0.3) is 0 Å². The molecule has 1 aliphatic rings. The summed E-state index contributed by atoms with van der Waals surface area (Å²) in [6.45, 7) is 2.41. The van der Waals surface area contributed by atoms with E-state index in [1.807, 2.05) is 0 Å². The lowest BCUT2D eigenvalue weighted by molar-refractivity contribution is -0.299. The molecule has 1 heterocycles. The van der Waals surface area contributed by atoms with E-state index in [9.17, 15) is 27.6 Å². The highest BCUT2D eigenvalue weighted by Crippen LogP contribution is 2.46. The van der Waals surface area contributed by atoms with E-state index in [-0.39, 0.29) is 0 Å². The van der Waals surface area contributed by atoms with Crippen molar-refractivity contribution in [3.63, 3.8) is 0 Å². The Labute approximate surface area is 178 Å². The summed E-state index contributed by atoms with van der Waals surface area (Å²) in [6, 6.07) is 6.19. The predicted octanol–water partition coefficient (Wildman–Crippen LogP) is 3.49. The van der Waals surface area contributed by atoms with Gasteiger partial charge >= 0.3 is 24.1 Å². The lowest BCUT2D eigenvalue weighted by Gasteiger charge is -2.45. The van der Waals surface area contributed by atoms with Crippen LogP contribution in [0.4, 0.5) is 13.2 Å². The van der Waals surface area contributed by atoms with Crippen LogP contribution in [0, 0.1) is 5.92 Å². The number of ether oxygens (including phenoxy) is 4. The highest BCUT2D eigenvalue weighted by molar-refractivity contribution is 9.10. The van der Waals surface area contributed by atoms with Gasteiger partial charge in [0.2, 0.25) is 0 Å². The molecule has 7 nitrogen and oxygen atoms in total. The van der Waals surface area contributed by atoms with E-state index in [4.69, 9.17) is 18.9 Å². The number of carbonyl (C=O) groups excluding carboxylic acids is 3. The summed E-state index contributed by atoms with van der Waals surface area (Å²) >= 11 is 3.24. The molecule has 0 bridgehead atoms. The second-order valence-corrected chi connectivity index (χ2v) is 7.58. The van der Waals surface area contributed by atoms with Crippen LogP contribution in [0.5, 0.6) is 0 Å². The number of hydrogen-bond donors (Lipinski definition) is 0. The number of hydrogen-bond acceptors (Lipinski definition) is 7. The normalized spacial score (nSPS) is 26.6. The Morgan fingerprint density at radius 2 is 1.50 bits per heavy atom. The quantitative estimate of drug-likeness (QED) is 0.455. The summed E-state index contributed by atoms with van der Waals surface area (Å²) in [6.07, 6.45) is -11.4. The molecule has 3 unspecified atom stereocenters. The van der Waals surface area contributed by atoms with Gasteiger partial charge in [-0.3, -0.25) is 14.4 Å². The highest BCUT2D eigenvalue weighted by atomic mass is 79.9. The number of esters is 3. The summed E-state index contributed by atoms with van der Waals surface area (Å²) in [5.74, 6) is -5.10. The summed E-state index contributed by atoms with van der Waals surface area (Å²) in [5, 5.41) is 0. The molecule has 0 N–H and O–H groups in total. The highest BCUT2D eigenvalue weighted by Gasteiger charge is 2.61. The van der Waals surface area contributed by atoms with Crippen molar-refractivity contribution in [2.24, 2.45) is 5.92 Å². The van der Waals surface area contributed by atoms with Gasteiger partial charge in [0, 0.05) is 25.2 Å². The Kier molecular flexibility index (Phi) is 7.87. The molecule has 1 aliphatic heterocycles. The fraction of sp³-hybridized carbons (Fsp3) is 0.526. The fourth-order valence-electron chi connectivity index (χ4n) is 3.24. The first kappa shape index (κ1) is 24.1. The van der Waals surface area contributed by atoms with Crippen molar-refractivity contribution in [2.75, 3.05) is 6.61 Å². The lowest BCUT2D eigenvalue weighted by Crippen LogP contribution is -2.59. The number of halogens is 4. The average Bonchev–Trinajstić information content (AvgIpc) is 2.59. The standard InChI is InChI=1S/C19H20BrF3O7/c1-9(24)27-8-14-17(28-10(2)25)15(19(21,22)23)18(29-11(3)26)16(30-14)12-4-6-13(20)7-5-12/h4-7,14-18H,8H2,1-3H3/t14?,15?,16-,17+,18?/m0/s1. The van der Waals surface area contributed by atoms with Gasteiger partial charge in [-0.15, -0.1) is 0 Å². The van der Waals surface area contributed by atoms with Crippen molar-refractivity contribution in [2.45, 2.75) is 51.4 Å². The van der Waals surface area contributed by atoms with Crippen LogP contribution in [0.15, 0.2) is 28.7 Å². The third-order valence-corrected chi connectivity index (χ3v) is 4.85. The van der Waals surface area contributed by atoms with E-state index in [0.29, 0.717) is 10.0 Å². The van der Waals surface area contributed by atoms with Gasteiger partial charge in [0.1, 0.15) is 36.9 Å². The van der Waals surface area contributed by atoms with Gasteiger partial charge in [-0.05, 0) is 17.7 Å². The second kappa shape index (κ2) is 9.78. The molecule has 30 heavy (non-hydrogen) atoms. The number of alkyl halides is 3. The van der Waals surface area contributed by atoms with Crippen molar-refractivity contribution in [1.82, 2.24) is 0 Å². The number of rotatable bonds is 5. The SMILES string of the molecule is CC(=O)OCC1O[C@@H](c2ccc(Br)cc2)C(OC(C)=O)C(C(F)(F)F)[C@@H]1OC(C)=O. The van der Waals surface area contributed by atoms with Crippen LogP contribution >= 0.6 is 15.9 Å². The van der Waals surface area contributed by atoms with Crippen molar-refractivity contribution in [3.8, 4) is 0 Å². The van der Waals surface area contributed by atoms with Crippen molar-refractivity contribution in [3.05, 3.63) is 34.3 Å². The van der Waals surface area contributed by atoms with Crippen LogP contribution in [0.1, 0.15) is 32.4 Å². The molecule has 11 heteroatoms. The molecule has 0 aliphatic carbocycles. The molecule has 0 saturated carbocycles. The Morgan fingerprint density at radius 1 is 0.967 bits per heavy atom. The van der Waals surface area contributed by atoms with Crippen LogP contribution < -0.4 is 0 Å². The van der Waals surface area contributed by atoms with Crippen LogP contribution in [-0.4, -0.2) is 49.0 Å². The van der Waals surface area contributed by atoms with E-state index >= 15 is 0 Å². The van der Waals surface area contributed by atoms with E-state index in [2.05, 4.69) is 15.9 Å². The van der Waals surface area contributed by atoms with Crippen molar-refractivity contribution in [1.29, 1.82) is 0 Å². The van der Waals surface area contributed by atoms with Crippen molar-refractivity contribution < 1.29 is 46.5 Å². The maximum Gasteiger partial charge on any atom is 0.399 e. The van der Waals surface area contributed by atoms with Crippen LogP contribution in [-0.2, 0) is 33.3 Å². The second-order valence-electron chi connectivity index (χ2n) is 6.66. The average molecular weight is 497 g/mol. The Balaban J connectivity index is 2.56. The Morgan fingerprint density at radius 3 is 1.97 bits per heavy atom. The summed E-state index contributed by atoms with van der Waals surface area (Å²) < 4.78 is 63.6. The lowest BCUT2D eigenvalue weighted by atomic mass is 9.82. The van der Waals surface area contributed by atoms with Crippen LogP contribution in [0.25, 0.3) is 0 Å². The Bertz CT molecular complexity index is 781. The fourth-order valence-corrected chi connectivity index (χ4v) is 3.51. The van der Waals surface area contributed by atoms with E-state index in [0.717, 1.165) is 20.8 Å². The molecule has 1 fully saturated rings. The molecule has 166 valence electrons. The predicted molar refractivity (Wildman–Crippen MR) is 99.0 cm³/mol. The summed E-state index contributed by atoms with van der Waals surface area (Å²) in [4.78, 5) is 34.3. The van der Waals surface area contributed by atoms with Gasteiger partial charge in [-0.1, -0.05) is 28.1 Å². The molecule has 2 rings (SSSR count). The maximum atomic E-state index is 14.1. The Hall–Kier alpha value is -2.14. The molecular weight excluding hydrogens is 477 g/mol. The minimum Gasteiger partial charge on any atom is -0.463 e. The van der Waals surface area contributed by atoms with E-state index in [1.54, 1.807) is 12.1 Å². The minimum absolute atomic E-state index is 0.299. The zero-order chi connectivity index (χ0) is 22.6. The first-order valence-corrected chi connectivity index (χ1v) is 9.65. The first-order chi connectivity index (χ1) is 13.9. The molecule has 5 atom stereocenters. The number of carbonyl (C=O) groups is 3. The van der Waals surface area contributed by atoms with Gasteiger partial charge in [-0.2, -0.15) is 13.2 Å². The molecule has 0 aromatic heterocycles.